The Balaban J connectivity index is 1.97. The van der Waals surface area contributed by atoms with E-state index in [2.05, 4.69) is 12.6 Å². The molecule has 2 aromatic rings. The van der Waals surface area contributed by atoms with Gasteiger partial charge >= 0.3 is 5.97 Å². The maximum absolute atomic E-state index is 13.1. The predicted molar refractivity (Wildman–Crippen MR) is 122 cm³/mol. The van der Waals surface area contributed by atoms with Gasteiger partial charge < -0.3 is 14.0 Å². The lowest BCUT2D eigenvalue weighted by Gasteiger charge is -2.29. The molecule has 6 nitrogen and oxygen atoms in total. The van der Waals surface area contributed by atoms with Crippen LogP contribution in [0.2, 0.25) is 5.02 Å². The lowest BCUT2D eigenvalue weighted by molar-refractivity contribution is -0.0299. The summed E-state index contributed by atoms with van der Waals surface area (Å²) in [6.07, 6.45) is 2.81. The van der Waals surface area contributed by atoms with Crippen molar-refractivity contribution in [2.45, 2.75) is 38.9 Å². The minimum Gasteiger partial charge on any atom is -0.482 e. The van der Waals surface area contributed by atoms with Crippen molar-refractivity contribution in [3.8, 4) is 23.4 Å². The minimum absolute atomic E-state index is 0.190. The maximum atomic E-state index is 13.1. The summed E-state index contributed by atoms with van der Waals surface area (Å²) >= 11 is 5.98. The molecule has 0 fully saturated rings. The van der Waals surface area contributed by atoms with Crippen LogP contribution < -0.4 is 0 Å². The molecule has 0 bridgehead atoms. The highest BCUT2D eigenvalue weighted by atomic mass is 35.5. The molecule has 162 valence electrons. The fourth-order valence-electron chi connectivity index (χ4n) is 3.63. The first-order chi connectivity index (χ1) is 15.1. The van der Waals surface area contributed by atoms with Crippen LogP contribution in [-0.2, 0) is 9.47 Å². The third-order valence-corrected chi connectivity index (χ3v) is 5.42. The molecule has 32 heavy (non-hydrogen) atoms. The van der Waals surface area contributed by atoms with E-state index in [9.17, 15) is 10.1 Å². The van der Waals surface area contributed by atoms with Crippen LogP contribution in [0.5, 0.6) is 0 Å². The number of rotatable bonds is 5. The molecule has 0 amide bonds. The second kappa shape index (κ2) is 8.42. The average molecular weight is 448 g/mol. The Labute approximate surface area is 192 Å². The van der Waals surface area contributed by atoms with Gasteiger partial charge in [0.2, 0.25) is 0 Å². The van der Waals surface area contributed by atoms with E-state index < -0.39 is 17.2 Å². The topological polar surface area (TPSA) is 88.0 Å². The molecule has 1 aromatic heterocycles. The highest BCUT2D eigenvalue weighted by Gasteiger charge is 2.46. The standard InChI is InChI=1S/C25H22ClN3O3/c1-6-29-20(16-7-9-17(26)10-8-16)11-12-21(29)23(30)32-25(4,5)22-18(15-28)19(13-14-27)24(2,3)31-22/h6-13H,1H2,2-5H3/b19-13-. The molecule has 1 aliphatic rings. The zero-order valence-corrected chi connectivity index (χ0v) is 19.0. The van der Waals surface area contributed by atoms with Gasteiger partial charge in [0.05, 0.1) is 11.8 Å². The first-order valence-electron chi connectivity index (χ1n) is 9.83. The molecule has 0 aliphatic carbocycles. The summed E-state index contributed by atoms with van der Waals surface area (Å²) in [6, 6.07) is 14.7. The molecule has 3 rings (SSSR count). The van der Waals surface area contributed by atoms with Crippen LogP contribution in [0.4, 0.5) is 0 Å². The van der Waals surface area contributed by atoms with Crippen molar-refractivity contribution in [3.63, 3.8) is 0 Å². The number of allylic oxidation sites excluding steroid dienone is 1. The van der Waals surface area contributed by atoms with Gasteiger partial charge in [-0.1, -0.05) is 30.3 Å². The summed E-state index contributed by atoms with van der Waals surface area (Å²) in [6.45, 7) is 10.6. The molecule has 1 aliphatic heterocycles. The van der Waals surface area contributed by atoms with Crippen LogP contribution in [0.25, 0.3) is 17.5 Å². The Morgan fingerprint density at radius 3 is 2.44 bits per heavy atom. The van der Waals surface area contributed by atoms with Gasteiger partial charge in [-0.2, -0.15) is 10.5 Å². The van der Waals surface area contributed by atoms with Crippen molar-refractivity contribution < 1.29 is 14.3 Å². The van der Waals surface area contributed by atoms with Crippen LogP contribution in [0.3, 0.4) is 0 Å². The summed E-state index contributed by atoms with van der Waals surface area (Å²) in [5.74, 6) is -0.409. The van der Waals surface area contributed by atoms with E-state index in [1.165, 1.54) is 12.3 Å². The molecular weight excluding hydrogens is 426 g/mol. The van der Waals surface area contributed by atoms with E-state index in [-0.39, 0.29) is 17.0 Å². The summed E-state index contributed by atoms with van der Waals surface area (Å²) in [4.78, 5) is 13.1. The van der Waals surface area contributed by atoms with Crippen LogP contribution in [0.15, 0.2) is 66.0 Å². The minimum atomic E-state index is -1.26. The number of carbonyl (C=O) groups excluding carboxylic acids is 1. The van der Waals surface area contributed by atoms with Crippen molar-refractivity contribution in [2.75, 3.05) is 0 Å². The van der Waals surface area contributed by atoms with Gasteiger partial charge in [0.1, 0.15) is 22.9 Å². The highest BCUT2D eigenvalue weighted by Crippen LogP contribution is 2.43. The molecule has 0 N–H and O–H groups in total. The number of ether oxygens (including phenoxy) is 2. The van der Waals surface area contributed by atoms with Gasteiger partial charge in [-0.3, -0.25) is 0 Å². The number of esters is 1. The largest absolute Gasteiger partial charge is 0.482 e. The molecule has 7 heteroatoms. The molecular formula is C25H22ClN3O3. The number of hydrogen-bond acceptors (Lipinski definition) is 5. The Kier molecular flexibility index (Phi) is 6.03. The average Bonchev–Trinajstić information content (AvgIpc) is 3.27. The van der Waals surface area contributed by atoms with E-state index >= 15 is 0 Å². The smallest absolute Gasteiger partial charge is 0.356 e. The normalized spacial score (nSPS) is 16.3. The molecule has 0 saturated heterocycles. The molecule has 0 spiro atoms. The third-order valence-electron chi connectivity index (χ3n) is 5.17. The Morgan fingerprint density at radius 1 is 1.22 bits per heavy atom. The summed E-state index contributed by atoms with van der Waals surface area (Å²) in [5.41, 5.74) is 0.341. The first-order valence-corrected chi connectivity index (χ1v) is 10.2. The fourth-order valence-corrected chi connectivity index (χ4v) is 3.75. The molecule has 0 radical (unpaired) electrons. The SMILES string of the molecule is C=Cn1c(C(=O)OC(C)(C)C2=C(C#N)/C(=C/C#N)C(C)(C)O2)ccc1-c1ccc(Cl)cc1. The molecule has 1 aromatic carbocycles. The van der Waals surface area contributed by atoms with Crippen LogP contribution in [0, 0.1) is 22.7 Å². The number of benzene rings is 1. The molecule has 0 saturated carbocycles. The van der Waals surface area contributed by atoms with Gasteiger partial charge in [0.15, 0.2) is 11.4 Å². The number of hydrogen-bond donors (Lipinski definition) is 0. The van der Waals surface area contributed by atoms with Gasteiger partial charge in [0, 0.05) is 22.9 Å². The molecule has 0 unspecified atom stereocenters. The van der Waals surface area contributed by atoms with Crippen LogP contribution in [-0.4, -0.2) is 21.7 Å². The van der Waals surface area contributed by atoms with Crippen molar-refractivity contribution in [3.05, 3.63) is 76.7 Å². The maximum Gasteiger partial charge on any atom is 0.356 e. The number of halogens is 1. The Hall–Kier alpha value is -3.74. The zero-order valence-electron chi connectivity index (χ0n) is 18.3. The Bertz CT molecular complexity index is 1230. The number of nitriles is 2. The van der Waals surface area contributed by atoms with E-state index in [4.69, 9.17) is 26.3 Å². The number of aromatic nitrogens is 1. The summed E-state index contributed by atoms with van der Waals surface area (Å²) < 4.78 is 13.4. The Morgan fingerprint density at radius 2 is 1.88 bits per heavy atom. The van der Waals surface area contributed by atoms with Crippen LogP contribution >= 0.6 is 11.6 Å². The van der Waals surface area contributed by atoms with Crippen molar-refractivity contribution in [1.82, 2.24) is 4.57 Å². The monoisotopic (exact) mass is 447 g/mol. The van der Waals surface area contributed by atoms with Crippen molar-refractivity contribution >= 4 is 23.8 Å². The lowest BCUT2D eigenvalue weighted by Crippen LogP contribution is -2.33. The predicted octanol–water partition coefficient (Wildman–Crippen LogP) is 5.88. The van der Waals surface area contributed by atoms with Gasteiger partial charge in [-0.25, -0.2) is 4.79 Å². The summed E-state index contributed by atoms with van der Waals surface area (Å²) in [5, 5.41) is 19.4. The quantitative estimate of drug-likeness (QED) is 0.421. The van der Waals surface area contributed by atoms with Gasteiger partial charge in [-0.15, -0.1) is 0 Å². The second-order valence-electron chi connectivity index (χ2n) is 8.18. The fraction of sp³-hybridized carbons (Fsp3) is 0.240. The number of carbonyl (C=O) groups is 1. The first kappa shape index (κ1) is 22.9. The number of nitrogens with zero attached hydrogens (tertiary/aromatic N) is 3. The van der Waals surface area contributed by atoms with E-state index in [0.29, 0.717) is 10.6 Å². The van der Waals surface area contributed by atoms with Crippen molar-refractivity contribution in [2.24, 2.45) is 0 Å². The lowest BCUT2D eigenvalue weighted by atomic mass is 9.92. The van der Waals surface area contributed by atoms with Gasteiger partial charge in [0.25, 0.3) is 0 Å². The zero-order chi connectivity index (χ0) is 23.7. The molecule has 0 atom stereocenters. The van der Waals surface area contributed by atoms with Crippen LogP contribution in [0.1, 0.15) is 38.2 Å². The molecule has 2 heterocycles. The van der Waals surface area contributed by atoms with Crippen molar-refractivity contribution in [1.29, 1.82) is 10.5 Å². The van der Waals surface area contributed by atoms with E-state index in [0.717, 1.165) is 11.3 Å². The third kappa shape index (κ3) is 4.06. The highest BCUT2D eigenvalue weighted by molar-refractivity contribution is 6.30. The van der Waals surface area contributed by atoms with Gasteiger partial charge in [-0.05, 0) is 57.5 Å². The second-order valence-corrected chi connectivity index (χ2v) is 8.61. The van der Waals surface area contributed by atoms with E-state index in [1.54, 1.807) is 56.5 Å². The summed E-state index contributed by atoms with van der Waals surface area (Å²) in [7, 11) is 0. The van der Waals surface area contributed by atoms with E-state index in [1.807, 2.05) is 18.2 Å².